The molecule has 0 radical (unpaired) electrons. The monoisotopic (exact) mass is 175 g/mol. The van der Waals surface area contributed by atoms with E-state index >= 15 is 0 Å². The van der Waals surface area contributed by atoms with E-state index in [1.165, 1.54) is 7.05 Å². The molecule has 0 rings (SSSR count). The maximum atomic E-state index is 9.39. The first-order valence-electron chi connectivity index (χ1n) is 1.71. The molecule has 0 heterocycles. The minimum atomic E-state index is -2.92. The molecule has 8 heteroatoms. The predicted molar refractivity (Wildman–Crippen MR) is 30.8 cm³/mol. The lowest BCUT2D eigenvalue weighted by molar-refractivity contribution is 0.371. The summed E-state index contributed by atoms with van der Waals surface area (Å²) in [5.41, 5.74) is 4.50. The third kappa shape index (κ3) is 18.0. The number of rotatable bonds is 2. The van der Waals surface area contributed by atoms with Crippen LogP contribution in [0.5, 0.6) is 0 Å². The van der Waals surface area contributed by atoms with Crippen LogP contribution in [0.4, 0.5) is 0 Å². The molecule has 0 aromatic rings. The van der Waals surface area contributed by atoms with Crippen LogP contribution in [0, 0.1) is 0 Å². The molecule has 0 saturated heterocycles. The molecule has 0 aromatic heterocycles. The first kappa shape index (κ1) is 11.8. The van der Waals surface area contributed by atoms with E-state index in [0.29, 0.717) is 0 Å². The first-order valence-corrected chi connectivity index (χ1v) is 3.97. The van der Waals surface area contributed by atoms with Gasteiger partial charge in [-0.25, -0.2) is 0 Å². The van der Waals surface area contributed by atoms with Gasteiger partial charge in [0.2, 0.25) is 0 Å². The van der Waals surface area contributed by atoms with Gasteiger partial charge in [0.15, 0.2) is 4.31 Å². The van der Waals surface area contributed by atoms with E-state index < -0.39 is 16.5 Å². The van der Waals surface area contributed by atoms with E-state index in [2.05, 4.69) is 10.0 Å². The fourth-order valence-electron chi connectivity index (χ4n) is 0.0598. The van der Waals surface area contributed by atoms with Gasteiger partial charge in [0, 0.05) is 9.13 Å². The Morgan fingerprint density at radius 2 is 1.44 bits per heavy atom. The van der Waals surface area contributed by atoms with Crippen molar-refractivity contribution < 1.29 is 23.2 Å². The van der Waals surface area contributed by atoms with E-state index in [9.17, 15) is 9.13 Å². The summed E-state index contributed by atoms with van der Waals surface area (Å²) in [7, 11) is -4.35. The standard InChI is InChI=1S/CH5N.O5P2/c1-2;1-6(2)5-7(3)4/h2H2,1H3;/p+2. The summed E-state index contributed by atoms with van der Waals surface area (Å²) >= 11 is 0. The Hall–Kier alpha value is 0.0400. The van der Waals surface area contributed by atoms with Gasteiger partial charge in [0.25, 0.3) is 0 Å². The Labute approximate surface area is 53.5 Å². The van der Waals surface area contributed by atoms with Gasteiger partial charge < -0.3 is 5.73 Å². The summed E-state index contributed by atoms with van der Waals surface area (Å²) in [6.45, 7) is 0. The van der Waals surface area contributed by atoms with Crippen molar-refractivity contribution >= 4 is 16.5 Å². The number of hydrogen-bond acceptors (Lipinski definition) is 4. The third-order valence-electron chi connectivity index (χ3n) is 0.140. The first-order chi connectivity index (χ1) is 4.13. The van der Waals surface area contributed by atoms with Crippen LogP contribution in [0.3, 0.4) is 0 Å². The van der Waals surface area contributed by atoms with E-state index in [1.807, 2.05) is 0 Å². The van der Waals surface area contributed by atoms with Gasteiger partial charge in [-0.2, -0.15) is 0 Å². The molecule has 0 amide bonds. The predicted octanol–water partition coefficient (Wildman–Crippen LogP) is -0.123. The smallest absolute Gasteiger partial charge is 0.333 e. The lowest BCUT2D eigenvalue weighted by Crippen LogP contribution is -1.69. The molecular formula is CH7NO5P2+2. The Balaban J connectivity index is 0. The summed E-state index contributed by atoms with van der Waals surface area (Å²) in [6.07, 6.45) is 0. The highest BCUT2D eigenvalue weighted by Crippen LogP contribution is 2.30. The topological polar surface area (TPSA) is 110 Å². The largest absolute Gasteiger partial charge is 0.745 e. The molecule has 2 unspecified atom stereocenters. The quantitative estimate of drug-likeness (QED) is 0.504. The normalized spacial score (nSPS) is 11.1. The fourth-order valence-corrected chi connectivity index (χ4v) is 0.538. The van der Waals surface area contributed by atoms with Gasteiger partial charge in [-0.05, 0) is 7.05 Å². The summed E-state index contributed by atoms with van der Waals surface area (Å²) in [5.74, 6) is 0. The maximum absolute atomic E-state index is 9.39. The zero-order valence-corrected chi connectivity index (χ0v) is 6.38. The van der Waals surface area contributed by atoms with E-state index in [1.54, 1.807) is 0 Å². The van der Waals surface area contributed by atoms with Crippen molar-refractivity contribution in [3.8, 4) is 0 Å². The zero-order valence-electron chi connectivity index (χ0n) is 4.59. The van der Waals surface area contributed by atoms with E-state index in [4.69, 9.17) is 9.79 Å². The van der Waals surface area contributed by atoms with Crippen LogP contribution in [-0.4, -0.2) is 16.8 Å². The van der Waals surface area contributed by atoms with Crippen LogP contribution in [-0.2, 0) is 13.4 Å². The molecule has 0 bridgehead atoms. The van der Waals surface area contributed by atoms with Gasteiger partial charge in [0.05, 0.1) is 0 Å². The SMILES string of the molecule is CN.O=[P+](O)O[P+](=O)O. The Bertz CT molecular complexity index is 91.1. The highest BCUT2D eigenvalue weighted by Gasteiger charge is 2.31. The molecule has 2 atom stereocenters. The summed E-state index contributed by atoms with van der Waals surface area (Å²) in [4.78, 5) is 15.3. The van der Waals surface area contributed by atoms with Gasteiger partial charge >= 0.3 is 16.5 Å². The second kappa shape index (κ2) is 8.04. The lowest BCUT2D eigenvalue weighted by atomic mass is 11.6. The molecule has 6 nitrogen and oxygen atoms in total. The Morgan fingerprint density at radius 1 is 1.22 bits per heavy atom. The van der Waals surface area contributed by atoms with Gasteiger partial charge in [-0.3, -0.25) is 0 Å². The number of nitrogens with two attached hydrogens (primary N) is 1. The third-order valence-corrected chi connectivity index (χ3v) is 1.26. The van der Waals surface area contributed by atoms with Crippen LogP contribution >= 0.6 is 16.5 Å². The van der Waals surface area contributed by atoms with Crippen LogP contribution in [0.15, 0.2) is 0 Å². The van der Waals surface area contributed by atoms with E-state index in [0.717, 1.165) is 0 Å². The van der Waals surface area contributed by atoms with Crippen LogP contribution in [0.2, 0.25) is 0 Å². The van der Waals surface area contributed by atoms with Crippen molar-refractivity contribution in [1.29, 1.82) is 0 Å². The average molecular weight is 175 g/mol. The maximum Gasteiger partial charge on any atom is 0.745 e. The molecule has 0 aliphatic heterocycles. The minimum Gasteiger partial charge on any atom is -0.333 e. The average Bonchev–Trinajstić information content (AvgIpc) is 1.68. The van der Waals surface area contributed by atoms with Gasteiger partial charge in [-0.1, -0.05) is 0 Å². The van der Waals surface area contributed by atoms with Crippen LogP contribution < -0.4 is 5.73 Å². The van der Waals surface area contributed by atoms with Crippen molar-refractivity contribution in [2.45, 2.75) is 0 Å². The molecule has 0 aliphatic carbocycles. The molecule has 0 aromatic carbocycles. The molecule has 0 spiro atoms. The minimum absolute atomic E-state index is 1.50. The Kier molecular flexibility index (Phi) is 10.5. The van der Waals surface area contributed by atoms with Crippen molar-refractivity contribution in [2.24, 2.45) is 5.73 Å². The van der Waals surface area contributed by atoms with Gasteiger partial charge in [-0.15, -0.1) is 9.79 Å². The van der Waals surface area contributed by atoms with Gasteiger partial charge in [0.1, 0.15) is 0 Å². The summed E-state index contributed by atoms with van der Waals surface area (Å²) < 4.78 is 22.2. The fraction of sp³-hybridized carbons (Fsp3) is 1.00. The zero-order chi connectivity index (χ0) is 7.86. The summed E-state index contributed by atoms with van der Waals surface area (Å²) in [6, 6.07) is 0. The molecule has 54 valence electrons. The van der Waals surface area contributed by atoms with Crippen molar-refractivity contribution in [1.82, 2.24) is 0 Å². The molecular weight excluding hydrogens is 168 g/mol. The highest BCUT2D eigenvalue weighted by atomic mass is 31.2. The molecule has 0 saturated carbocycles. The lowest BCUT2D eigenvalue weighted by Gasteiger charge is -1.50. The number of hydrogen-bond donors (Lipinski definition) is 3. The van der Waals surface area contributed by atoms with Crippen molar-refractivity contribution in [3.05, 3.63) is 0 Å². The second-order valence-electron chi connectivity index (χ2n) is 0.557. The molecule has 0 aliphatic rings. The van der Waals surface area contributed by atoms with Crippen LogP contribution in [0.25, 0.3) is 0 Å². The second-order valence-corrected chi connectivity index (χ2v) is 2.16. The molecule has 0 fully saturated rings. The molecule has 9 heavy (non-hydrogen) atoms. The van der Waals surface area contributed by atoms with Crippen molar-refractivity contribution in [3.63, 3.8) is 0 Å². The van der Waals surface area contributed by atoms with E-state index in [-0.39, 0.29) is 0 Å². The molecule has 4 N–H and O–H groups in total. The summed E-state index contributed by atoms with van der Waals surface area (Å²) in [5, 5.41) is 0. The highest BCUT2D eigenvalue weighted by molar-refractivity contribution is 7.46. The Morgan fingerprint density at radius 3 is 1.44 bits per heavy atom. The van der Waals surface area contributed by atoms with Crippen molar-refractivity contribution in [2.75, 3.05) is 7.05 Å². The van der Waals surface area contributed by atoms with Crippen LogP contribution in [0.1, 0.15) is 0 Å².